The van der Waals surface area contributed by atoms with Crippen LogP contribution in [0.4, 0.5) is 0 Å². The highest BCUT2D eigenvalue weighted by Crippen LogP contribution is 2.09. The number of benzene rings is 1. The van der Waals surface area contributed by atoms with Crippen molar-refractivity contribution < 1.29 is 8.42 Å². The van der Waals surface area contributed by atoms with E-state index in [1.807, 2.05) is 18.2 Å². The number of sulfonamides is 1. The van der Waals surface area contributed by atoms with Gasteiger partial charge in [0, 0.05) is 20.0 Å². The number of hydrogen-bond donors (Lipinski definition) is 1. The summed E-state index contributed by atoms with van der Waals surface area (Å²) in [7, 11) is -1.75. The maximum Gasteiger partial charge on any atom is 0.218 e. The van der Waals surface area contributed by atoms with Crippen molar-refractivity contribution in [3.63, 3.8) is 0 Å². The minimum atomic E-state index is -3.29. The molecule has 0 fully saturated rings. The van der Waals surface area contributed by atoms with Crippen molar-refractivity contribution in [1.82, 2.24) is 4.31 Å². The largest absolute Gasteiger partial charge is 0.393 e. The van der Waals surface area contributed by atoms with E-state index in [9.17, 15) is 8.42 Å². The lowest BCUT2D eigenvalue weighted by molar-refractivity contribution is 0.478. The van der Waals surface area contributed by atoms with E-state index in [0.29, 0.717) is 18.0 Å². The fourth-order valence-electron chi connectivity index (χ4n) is 1.30. The van der Waals surface area contributed by atoms with Crippen molar-refractivity contribution in [2.45, 2.75) is 12.2 Å². The Morgan fingerprint density at radius 2 is 1.94 bits per heavy atom. The third kappa shape index (κ3) is 4.80. The summed E-state index contributed by atoms with van der Waals surface area (Å²) in [6.45, 7) is 0.324. The van der Waals surface area contributed by atoms with Crippen molar-refractivity contribution in [3.8, 4) is 0 Å². The van der Waals surface area contributed by atoms with Gasteiger partial charge in [-0.3, -0.25) is 0 Å². The molecule has 0 saturated carbocycles. The van der Waals surface area contributed by atoms with E-state index in [4.69, 9.17) is 18.0 Å². The number of hydrogen-bond acceptors (Lipinski definition) is 3. The molecule has 0 amide bonds. The molecule has 0 radical (unpaired) electrons. The topological polar surface area (TPSA) is 63.4 Å². The molecule has 6 heteroatoms. The molecule has 0 aliphatic carbocycles. The molecule has 4 nitrogen and oxygen atoms in total. The fourth-order valence-corrected chi connectivity index (χ4v) is 2.60. The molecule has 0 unspecified atom stereocenters. The molecular formula is C11H16N2O2S2. The van der Waals surface area contributed by atoms with Crippen molar-refractivity contribution in [1.29, 1.82) is 0 Å². The highest BCUT2D eigenvalue weighted by atomic mass is 32.2. The molecule has 0 atom stereocenters. The Labute approximate surface area is 107 Å². The van der Waals surface area contributed by atoms with Gasteiger partial charge in [-0.1, -0.05) is 42.5 Å². The molecule has 94 valence electrons. The minimum Gasteiger partial charge on any atom is -0.393 e. The molecule has 0 aliphatic rings. The highest BCUT2D eigenvalue weighted by molar-refractivity contribution is 7.88. The van der Waals surface area contributed by atoms with Crippen LogP contribution in [0.25, 0.3) is 0 Å². The van der Waals surface area contributed by atoms with E-state index in [1.165, 1.54) is 11.4 Å². The Kier molecular flexibility index (Phi) is 5.04. The lowest BCUT2D eigenvalue weighted by Gasteiger charge is -2.16. The first-order valence-electron chi connectivity index (χ1n) is 5.18. The van der Waals surface area contributed by atoms with E-state index >= 15 is 0 Å². The zero-order chi connectivity index (χ0) is 12.9. The second-order valence-corrected chi connectivity index (χ2v) is 6.38. The number of nitrogens with two attached hydrogens (primary N) is 1. The highest BCUT2D eigenvalue weighted by Gasteiger charge is 2.18. The van der Waals surface area contributed by atoms with Gasteiger partial charge >= 0.3 is 0 Å². The quantitative estimate of drug-likeness (QED) is 0.788. The molecule has 0 bridgehead atoms. The molecule has 1 rings (SSSR count). The number of thiocarbonyl (C=S) groups is 1. The van der Waals surface area contributed by atoms with Gasteiger partial charge in [0.2, 0.25) is 10.0 Å². The zero-order valence-electron chi connectivity index (χ0n) is 9.67. The van der Waals surface area contributed by atoms with Crippen LogP contribution in [0.2, 0.25) is 0 Å². The van der Waals surface area contributed by atoms with E-state index in [1.54, 1.807) is 12.1 Å². The summed E-state index contributed by atoms with van der Waals surface area (Å²) < 4.78 is 25.2. The maximum atomic E-state index is 12.0. The summed E-state index contributed by atoms with van der Waals surface area (Å²) in [5.74, 6) is 0.00166. The molecule has 0 spiro atoms. The lowest BCUT2D eigenvalue weighted by Crippen LogP contribution is -2.31. The van der Waals surface area contributed by atoms with Crippen LogP contribution in [-0.2, 0) is 15.8 Å². The first-order valence-corrected chi connectivity index (χ1v) is 7.20. The smallest absolute Gasteiger partial charge is 0.218 e. The maximum absolute atomic E-state index is 12.0. The van der Waals surface area contributed by atoms with Crippen LogP contribution in [0.3, 0.4) is 0 Å². The molecule has 0 saturated heterocycles. The predicted molar refractivity (Wildman–Crippen MR) is 73.1 cm³/mol. The molecule has 17 heavy (non-hydrogen) atoms. The summed E-state index contributed by atoms with van der Waals surface area (Å²) in [6, 6.07) is 9.07. The third-order valence-electron chi connectivity index (χ3n) is 2.34. The summed E-state index contributed by atoms with van der Waals surface area (Å²) in [5.41, 5.74) is 6.12. The number of rotatable bonds is 6. The van der Waals surface area contributed by atoms with Crippen LogP contribution in [0, 0.1) is 0 Å². The van der Waals surface area contributed by atoms with Gasteiger partial charge in [-0.25, -0.2) is 12.7 Å². The van der Waals surface area contributed by atoms with Crippen LogP contribution in [0.5, 0.6) is 0 Å². The van der Waals surface area contributed by atoms with E-state index in [-0.39, 0.29) is 5.75 Å². The molecule has 0 aliphatic heterocycles. The fraction of sp³-hybridized carbons (Fsp3) is 0.364. The van der Waals surface area contributed by atoms with Gasteiger partial charge in [-0.05, 0) is 5.56 Å². The van der Waals surface area contributed by atoms with E-state index in [0.717, 1.165) is 5.56 Å². The van der Waals surface area contributed by atoms with Gasteiger partial charge in [0.15, 0.2) is 0 Å². The second-order valence-electron chi connectivity index (χ2n) is 3.78. The summed E-state index contributed by atoms with van der Waals surface area (Å²) in [5, 5.41) is 0. The molecule has 0 aromatic heterocycles. The van der Waals surface area contributed by atoms with Crippen LogP contribution in [-0.4, -0.2) is 31.3 Å². The standard InChI is InChI=1S/C11H16N2O2S2/c1-13(8-7-11(12)16)17(14,15)9-10-5-3-2-4-6-10/h2-6H,7-9H2,1H3,(H2,12,16). The summed E-state index contributed by atoms with van der Waals surface area (Å²) >= 11 is 4.72. The van der Waals surface area contributed by atoms with Crippen LogP contribution < -0.4 is 5.73 Å². The number of nitrogens with zero attached hydrogens (tertiary/aromatic N) is 1. The monoisotopic (exact) mass is 272 g/mol. The second kappa shape index (κ2) is 6.09. The molecule has 1 aromatic rings. The van der Waals surface area contributed by atoms with Gasteiger partial charge in [-0.2, -0.15) is 0 Å². The minimum absolute atomic E-state index is 0.00166. The van der Waals surface area contributed by atoms with Gasteiger partial charge in [0.1, 0.15) is 0 Å². The lowest BCUT2D eigenvalue weighted by atomic mass is 10.2. The summed E-state index contributed by atoms with van der Waals surface area (Å²) in [6.07, 6.45) is 0.403. The van der Waals surface area contributed by atoms with E-state index < -0.39 is 10.0 Å². The van der Waals surface area contributed by atoms with E-state index in [2.05, 4.69) is 0 Å². The predicted octanol–water partition coefficient (Wildman–Crippen LogP) is 1.12. The Morgan fingerprint density at radius 1 is 1.35 bits per heavy atom. The van der Waals surface area contributed by atoms with Crippen LogP contribution in [0.1, 0.15) is 12.0 Å². The third-order valence-corrected chi connectivity index (χ3v) is 4.37. The molecule has 0 heterocycles. The Morgan fingerprint density at radius 3 is 2.47 bits per heavy atom. The first kappa shape index (κ1) is 14.1. The molecule has 1 aromatic carbocycles. The van der Waals surface area contributed by atoms with Crippen molar-refractivity contribution in [2.75, 3.05) is 13.6 Å². The van der Waals surface area contributed by atoms with Crippen LogP contribution in [0.15, 0.2) is 30.3 Å². The Balaban J connectivity index is 2.65. The SMILES string of the molecule is CN(CCC(N)=S)S(=O)(=O)Cc1ccccc1. The van der Waals surface area contributed by atoms with Crippen LogP contribution >= 0.6 is 12.2 Å². The van der Waals surface area contributed by atoms with Crippen molar-refractivity contribution >= 4 is 27.2 Å². The van der Waals surface area contributed by atoms with Crippen molar-refractivity contribution in [2.24, 2.45) is 5.73 Å². The average Bonchev–Trinajstić information content (AvgIpc) is 2.26. The zero-order valence-corrected chi connectivity index (χ0v) is 11.3. The Hall–Kier alpha value is -0.980. The van der Waals surface area contributed by atoms with Gasteiger partial charge in [-0.15, -0.1) is 0 Å². The average molecular weight is 272 g/mol. The first-order chi connectivity index (χ1) is 7.92. The Bertz CT molecular complexity index is 472. The summed E-state index contributed by atoms with van der Waals surface area (Å²) in [4.78, 5) is 0.326. The van der Waals surface area contributed by atoms with Crippen molar-refractivity contribution in [3.05, 3.63) is 35.9 Å². The van der Waals surface area contributed by atoms with Gasteiger partial charge in [0.25, 0.3) is 0 Å². The van der Waals surface area contributed by atoms with Gasteiger partial charge in [0.05, 0.1) is 10.7 Å². The molecule has 2 N–H and O–H groups in total. The molecular weight excluding hydrogens is 256 g/mol. The van der Waals surface area contributed by atoms with Gasteiger partial charge < -0.3 is 5.73 Å². The normalized spacial score (nSPS) is 11.6.